The van der Waals surface area contributed by atoms with Crippen molar-refractivity contribution >= 4 is 18.3 Å². The Morgan fingerprint density at radius 3 is 2.52 bits per heavy atom. The van der Waals surface area contributed by atoms with Gasteiger partial charge in [0.1, 0.15) is 18.4 Å². The normalized spacial score (nSPS) is 24.5. The summed E-state index contributed by atoms with van der Waals surface area (Å²) in [4.78, 5) is 17.1. The van der Waals surface area contributed by atoms with Gasteiger partial charge in [0.15, 0.2) is 0 Å². The van der Waals surface area contributed by atoms with Crippen LogP contribution in [0.25, 0.3) is 0 Å². The minimum Gasteiger partial charge on any atom is -0.497 e. The highest BCUT2D eigenvalue weighted by atomic mass is 35.5. The Labute approximate surface area is 165 Å². The summed E-state index contributed by atoms with van der Waals surface area (Å²) in [5.74, 6) is 2.14. The van der Waals surface area contributed by atoms with Crippen LogP contribution in [-0.2, 0) is 11.3 Å². The minimum atomic E-state index is 0. The van der Waals surface area contributed by atoms with Gasteiger partial charge in [-0.05, 0) is 30.7 Å². The number of ether oxygens (including phenoxy) is 1. The first-order valence-corrected chi connectivity index (χ1v) is 9.10. The number of aromatic nitrogens is 3. The fourth-order valence-electron chi connectivity index (χ4n) is 4.48. The molecule has 2 aliphatic heterocycles. The fourth-order valence-corrected chi connectivity index (χ4v) is 4.48. The quantitative estimate of drug-likeness (QED) is 0.778. The average molecular weight is 392 g/mol. The molecule has 0 unspecified atom stereocenters. The van der Waals surface area contributed by atoms with Crippen molar-refractivity contribution in [3.63, 3.8) is 0 Å². The van der Waals surface area contributed by atoms with Crippen LogP contribution < -0.4 is 4.74 Å². The molecule has 1 aromatic carbocycles. The second kappa shape index (κ2) is 8.27. The number of benzene rings is 1. The van der Waals surface area contributed by atoms with E-state index >= 15 is 0 Å². The Balaban J connectivity index is 0.00000210. The van der Waals surface area contributed by atoms with Crippen LogP contribution in [0, 0.1) is 11.8 Å². The standard InChI is InChI=1S/C19H25N5O2.ClH/c1-22-9-15-10-24(18(25)7-8-23-12-20-21-13-23)11-17(15)19(22)14-3-5-16(26-2)6-4-14;/h3-6,12-13,15,17,19H,7-11H2,1-2H3;1H/t15-,17+,19+;/m0./s1. The molecule has 0 bridgehead atoms. The number of aryl methyl sites for hydroxylation is 1. The van der Waals surface area contributed by atoms with Crippen molar-refractivity contribution in [2.75, 3.05) is 33.8 Å². The molecule has 1 amide bonds. The Morgan fingerprint density at radius 2 is 1.85 bits per heavy atom. The molecule has 8 heteroatoms. The second-order valence-corrected chi connectivity index (χ2v) is 7.33. The highest BCUT2D eigenvalue weighted by Gasteiger charge is 2.47. The maximum absolute atomic E-state index is 12.6. The number of rotatable bonds is 5. The lowest BCUT2D eigenvalue weighted by atomic mass is 9.89. The van der Waals surface area contributed by atoms with Gasteiger partial charge in [-0.15, -0.1) is 22.6 Å². The maximum atomic E-state index is 12.6. The second-order valence-electron chi connectivity index (χ2n) is 7.33. The molecule has 0 spiro atoms. The lowest BCUT2D eigenvalue weighted by molar-refractivity contribution is -0.130. The van der Waals surface area contributed by atoms with E-state index in [2.05, 4.69) is 34.3 Å². The molecule has 2 aromatic rings. The number of hydrogen-bond acceptors (Lipinski definition) is 5. The molecule has 146 valence electrons. The molecule has 0 saturated carbocycles. The largest absolute Gasteiger partial charge is 0.497 e. The number of nitrogens with zero attached hydrogens (tertiary/aromatic N) is 5. The molecule has 2 fully saturated rings. The van der Waals surface area contributed by atoms with Crippen molar-refractivity contribution in [1.82, 2.24) is 24.6 Å². The summed E-state index contributed by atoms with van der Waals surface area (Å²) in [5, 5.41) is 7.56. The third-order valence-electron chi connectivity index (χ3n) is 5.75. The smallest absolute Gasteiger partial charge is 0.224 e. The summed E-state index contributed by atoms with van der Waals surface area (Å²) < 4.78 is 7.12. The van der Waals surface area contributed by atoms with Gasteiger partial charge < -0.3 is 14.2 Å². The van der Waals surface area contributed by atoms with Crippen molar-refractivity contribution in [1.29, 1.82) is 0 Å². The van der Waals surface area contributed by atoms with Gasteiger partial charge in [0, 0.05) is 44.6 Å². The number of likely N-dealkylation sites (tertiary alicyclic amines) is 2. The van der Waals surface area contributed by atoms with Crippen molar-refractivity contribution in [3.8, 4) is 5.75 Å². The first-order chi connectivity index (χ1) is 12.7. The van der Waals surface area contributed by atoms with Crippen molar-refractivity contribution < 1.29 is 9.53 Å². The van der Waals surface area contributed by atoms with E-state index in [1.807, 2.05) is 21.6 Å². The zero-order valence-electron chi connectivity index (χ0n) is 15.7. The molecule has 3 heterocycles. The zero-order valence-corrected chi connectivity index (χ0v) is 16.5. The van der Waals surface area contributed by atoms with Gasteiger partial charge in [-0.25, -0.2) is 0 Å². The SMILES string of the molecule is COc1ccc([C@@H]2[C@@H]3CN(C(=O)CCn4cnnc4)C[C@@H]3CN2C)cc1.Cl. The first-order valence-electron chi connectivity index (χ1n) is 9.10. The summed E-state index contributed by atoms with van der Waals surface area (Å²) in [6, 6.07) is 8.71. The monoisotopic (exact) mass is 391 g/mol. The number of halogens is 1. The number of carbonyl (C=O) groups is 1. The van der Waals surface area contributed by atoms with E-state index in [0.29, 0.717) is 30.8 Å². The fraction of sp³-hybridized carbons (Fsp3) is 0.526. The topological polar surface area (TPSA) is 63.5 Å². The Bertz CT molecular complexity index is 752. The van der Waals surface area contributed by atoms with Crippen LogP contribution in [0.3, 0.4) is 0 Å². The Morgan fingerprint density at radius 1 is 1.15 bits per heavy atom. The van der Waals surface area contributed by atoms with Crippen LogP contribution in [-0.4, -0.2) is 64.3 Å². The first kappa shape index (κ1) is 19.6. The van der Waals surface area contributed by atoms with Crippen LogP contribution in [0.15, 0.2) is 36.9 Å². The van der Waals surface area contributed by atoms with Crippen molar-refractivity contribution in [2.45, 2.75) is 19.0 Å². The predicted octanol–water partition coefficient (Wildman–Crippen LogP) is 1.86. The molecular weight excluding hydrogens is 366 g/mol. The van der Waals surface area contributed by atoms with Crippen LogP contribution in [0.5, 0.6) is 5.75 Å². The van der Waals surface area contributed by atoms with Crippen molar-refractivity contribution in [2.24, 2.45) is 11.8 Å². The molecule has 7 nitrogen and oxygen atoms in total. The van der Waals surface area contributed by atoms with Gasteiger partial charge in [-0.1, -0.05) is 12.1 Å². The summed E-state index contributed by atoms with van der Waals surface area (Å²) in [6.07, 6.45) is 3.81. The Kier molecular flexibility index (Phi) is 6.01. The van der Waals surface area contributed by atoms with E-state index in [0.717, 1.165) is 25.4 Å². The highest BCUT2D eigenvalue weighted by Crippen LogP contribution is 2.44. The lowest BCUT2D eigenvalue weighted by Crippen LogP contribution is -2.33. The van der Waals surface area contributed by atoms with Gasteiger partial charge in [0.25, 0.3) is 0 Å². The molecule has 27 heavy (non-hydrogen) atoms. The summed E-state index contributed by atoms with van der Waals surface area (Å²) in [6.45, 7) is 3.38. The van der Waals surface area contributed by atoms with Gasteiger partial charge >= 0.3 is 0 Å². The number of hydrogen-bond donors (Lipinski definition) is 0. The van der Waals surface area contributed by atoms with Crippen LogP contribution in [0.4, 0.5) is 0 Å². The minimum absolute atomic E-state index is 0. The third-order valence-corrected chi connectivity index (χ3v) is 5.75. The van der Waals surface area contributed by atoms with E-state index in [9.17, 15) is 4.79 Å². The van der Waals surface area contributed by atoms with E-state index in [4.69, 9.17) is 4.74 Å². The molecule has 3 atom stereocenters. The molecular formula is C19H26ClN5O2. The molecule has 2 saturated heterocycles. The lowest BCUT2D eigenvalue weighted by Gasteiger charge is -2.27. The third kappa shape index (κ3) is 3.94. The number of carbonyl (C=O) groups excluding carboxylic acids is 1. The molecule has 4 rings (SSSR count). The molecule has 2 aliphatic rings. The van der Waals surface area contributed by atoms with E-state index in [1.54, 1.807) is 19.8 Å². The predicted molar refractivity (Wildman–Crippen MR) is 104 cm³/mol. The van der Waals surface area contributed by atoms with Crippen LogP contribution in [0.1, 0.15) is 18.0 Å². The van der Waals surface area contributed by atoms with Gasteiger partial charge in [-0.3, -0.25) is 9.69 Å². The van der Waals surface area contributed by atoms with Gasteiger partial charge in [-0.2, -0.15) is 0 Å². The number of methoxy groups -OCH3 is 1. The van der Waals surface area contributed by atoms with Gasteiger partial charge in [0.2, 0.25) is 5.91 Å². The van der Waals surface area contributed by atoms with E-state index < -0.39 is 0 Å². The molecule has 0 radical (unpaired) electrons. The summed E-state index contributed by atoms with van der Waals surface area (Å²) >= 11 is 0. The molecule has 0 aliphatic carbocycles. The van der Waals surface area contributed by atoms with E-state index in [1.165, 1.54) is 5.56 Å². The summed E-state index contributed by atoms with van der Waals surface area (Å²) in [5.41, 5.74) is 1.31. The Hall–Kier alpha value is -2.12. The maximum Gasteiger partial charge on any atom is 0.224 e. The summed E-state index contributed by atoms with van der Waals surface area (Å²) in [7, 11) is 3.87. The van der Waals surface area contributed by atoms with E-state index in [-0.39, 0.29) is 18.3 Å². The van der Waals surface area contributed by atoms with Crippen LogP contribution in [0.2, 0.25) is 0 Å². The zero-order chi connectivity index (χ0) is 18.1. The number of fused-ring (bicyclic) bond motifs is 1. The van der Waals surface area contributed by atoms with Crippen molar-refractivity contribution in [3.05, 3.63) is 42.5 Å². The molecule has 1 aromatic heterocycles. The number of amides is 1. The van der Waals surface area contributed by atoms with Gasteiger partial charge in [0.05, 0.1) is 7.11 Å². The molecule has 0 N–H and O–H groups in total. The van der Waals surface area contributed by atoms with Crippen LogP contribution >= 0.6 is 12.4 Å². The highest BCUT2D eigenvalue weighted by molar-refractivity contribution is 5.85. The average Bonchev–Trinajstić information content (AvgIpc) is 3.36.